The Kier molecular flexibility index (Phi) is 7.08. The summed E-state index contributed by atoms with van der Waals surface area (Å²) < 4.78 is 15.8. The van der Waals surface area contributed by atoms with Gasteiger partial charge in [-0.2, -0.15) is 5.10 Å². The lowest BCUT2D eigenvalue weighted by molar-refractivity contribution is -0.118. The van der Waals surface area contributed by atoms with Gasteiger partial charge in [0, 0.05) is 15.7 Å². The summed E-state index contributed by atoms with van der Waals surface area (Å²) in [6.07, 6.45) is 1.46. The number of aromatic nitrogens is 3. The lowest BCUT2D eigenvalue weighted by Gasteiger charge is -2.10. The number of nitrogens with one attached hydrogen (secondary N) is 1. The number of hydrogen-bond acceptors (Lipinski definition) is 5. The Morgan fingerprint density at radius 1 is 1.06 bits per heavy atom. The quantitative estimate of drug-likeness (QED) is 0.214. The van der Waals surface area contributed by atoms with Crippen molar-refractivity contribution in [2.24, 2.45) is 5.10 Å². The first-order chi connectivity index (χ1) is 15.6. The number of halogens is 2. The molecule has 0 fully saturated rings. The van der Waals surface area contributed by atoms with Gasteiger partial charge in [0.05, 0.1) is 12.0 Å². The fourth-order valence-corrected chi connectivity index (χ4v) is 4.02. The molecular weight excluding hydrogens is 493 g/mol. The standard InChI is InChI=1S/C23H17BrFN5OS/c24-18-6-4-5-17(13-18)22-28-29-23(30(22)20-7-2-1-3-8-20)32-15-21(31)27-26-14-16-9-11-19(25)12-10-16/h1-14H,15H2,(H,27,31)/b26-14-. The smallest absolute Gasteiger partial charge is 0.250 e. The average molecular weight is 510 g/mol. The maximum Gasteiger partial charge on any atom is 0.250 e. The van der Waals surface area contributed by atoms with Crippen LogP contribution in [0.15, 0.2) is 93.6 Å². The third-order valence-corrected chi connectivity index (χ3v) is 5.76. The van der Waals surface area contributed by atoms with Crippen LogP contribution in [0.1, 0.15) is 5.56 Å². The number of nitrogens with zero attached hydrogens (tertiary/aromatic N) is 4. The summed E-state index contributed by atoms with van der Waals surface area (Å²) >= 11 is 4.75. The first-order valence-corrected chi connectivity index (χ1v) is 11.3. The van der Waals surface area contributed by atoms with Gasteiger partial charge >= 0.3 is 0 Å². The molecule has 0 spiro atoms. The van der Waals surface area contributed by atoms with Crippen LogP contribution in [0.5, 0.6) is 0 Å². The van der Waals surface area contributed by atoms with Crippen LogP contribution in [0.4, 0.5) is 4.39 Å². The van der Waals surface area contributed by atoms with Crippen molar-refractivity contribution in [1.82, 2.24) is 20.2 Å². The highest BCUT2D eigenvalue weighted by atomic mass is 79.9. The highest BCUT2D eigenvalue weighted by Crippen LogP contribution is 2.29. The summed E-state index contributed by atoms with van der Waals surface area (Å²) in [4.78, 5) is 12.3. The van der Waals surface area contributed by atoms with E-state index in [1.165, 1.54) is 30.1 Å². The predicted octanol–water partition coefficient (Wildman–Crippen LogP) is 5.08. The van der Waals surface area contributed by atoms with Crippen LogP contribution in [0.3, 0.4) is 0 Å². The molecular formula is C23H17BrFN5OS. The predicted molar refractivity (Wildman–Crippen MR) is 127 cm³/mol. The molecule has 1 N–H and O–H groups in total. The summed E-state index contributed by atoms with van der Waals surface area (Å²) in [5.74, 6) is 0.159. The second-order valence-corrected chi connectivity index (χ2v) is 8.48. The van der Waals surface area contributed by atoms with Crippen LogP contribution >= 0.6 is 27.7 Å². The van der Waals surface area contributed by atoms with Gasteiger partial charge < -0.3 is 0 Å². The molecule has 4 rings (SSSR count). The molecule has 0 aliphatic heterocycles. The van der Waals surface area contributed by atoms with Gasteiger partial charge in [-0.3, -0.25) is 9.36 Å². The Hall–Kier alpha value is -3.30. The lowest BCUT2D eigenvalue weighted by Crippen LogP contribution is -2.20. The SMILES string of the molecule is O=C(CSc1nnc(-c2cccc(Br)c2)n1-c1ccccc1)N/N=C\c1ccc(F)cc1. The molecule has 32 heavy (non-hydrogen) atoms. The third-order valence-electron chi connectivity index (χ3n) is 4.34. The van der Waals surface area contributed by atoms with Gasteiger partial charge in [0.1, 0.15) is 5.82 Å². The fraction of sp³-hybridized carbons (Fsp3) is 0.0435. The first kappa shape index (κ1) is 21.9. The van der Waals surface area contributed by atoms with Gasteiger partial charge in [-0.1, -0.05) is 70.2 Å². The van der Waals surface area contributed by atoms with Crippen LogP contribution in [0.25, 0.3) is 17.1 Å². The molecule has 0 saturated carbocycles. The number of hydrazone groups is 1. The summed E-state index contributed by atoms with van der Waals surface area (Å²) in [5, 5.41) is 13.2. The van der Waals surface area contributed by atoms with Crippen LogP contribution in [0.2, 0.25) is 0 Å². The molecule has 0 bridgehead atoms. The number of carbonyl (C=O) groups is 1. The highest BCUT2D eigenvalue weighted by molar-refractivity contribution is 9.10. The minimum atomic E-state index is -0.327. The minimum absolute atomic E-state index is 0.101. The van der Waals surface area contributed by atoms with Crippen LogP contribution < -0.4 is 5.43 Å². The molecule has 0 radical (unpaired) electrons. The number of hydrogen-bond donors (Lipinski definition) is 1. The molecule has 0 saturated heterocycles. The molecule has 0 aliphatic carbocycles. The van der Waals surface area contributed by atoms with E-state index < -0.39 is 0 Å². The third kappa shape index (κ3) is 5.49. The number of carbonyl (C=O) groups excluding carboxylic acids is 1. The van der Waals surface area contributed by atoms with Crippen molar-refractivity contribution in [2.75, 3.05) is 5.75 Å². The summed E-state index contributed by atoms with van der Waals surface area (Å²) in [7, 11) is 0. The van der Waals surface area contributed by atoms with Crippen LogP contribution in [-0.4, -0.2) is 32.6 Å². The molecule has 6 nitrogen and oxygen atoms in total. The van der Waals surface area contributed by atoms with Crippen LogP contribution in [0, 0.1) is 5.82 Å². The first-order valence-electron chi connectivity index (χ1n) is 9.57. The Labute approximate surface area is 196 Å². The molecule has 9 heteroatoms. The maximum absolute atomic E-state index is 13.0. The van der Waals surface area contributed by atoms with Crippen molar-refractivity contribution in [3.05, 3.63) is 94.7 Å². The van der Waals surface area contributed by atoms with E-state index in [2.05, 4.69) is 36.7 Å². The van der Waals surface area contributed by atoms with E-state index in [1.54, 1.807) is 12.1 Å². The molecule has 0 unspecified atom stereocenters. The molecule has 1 amide bonds. The number of thioether (sulfide) groups is 1. The molecule has 0 aliphatic rings. The van der Waals surface area contributed by atoms with E-state index in [0.29, 0.717) is 16.5 Å². The van der Waals surface area contributed by atoms with E-state index in [-0.39, 0.29) is 17.5 Å². The number of amides is 1. The Bertz CT molecular complexity index is 1240. The summed E-state index contributed by atoms with van der Waals surface area (Å²) in [6.45, 7) is 0. The molecule has 160 valence electrons. The van der Waals surface area contributed by atoms with Crippen molar-refractivity contribution in [3.8, 4) is 17.1 Å². The van der Waals surface area contributed by atoms with Crippen LogP contribution in [-0.2, 0) is 4.79 Å². The molecule has 1 heterocycles. The Morgan fingerprint density at radius 2 is 1.84 bits per heavy atom. The van der Waals surface area contributed by atoms with E-state index in [4.69, 9.17) is 0 Å². The lowest BCUT2D eigenvalue weighted by atomic mass is 10.2. The molecule has 1 aromatic heterocycles. The zero-order chi connectivity index (χ0) is 22.3. The van der Waals surface area contributed by atoms with Crippen molar-refractivity contribution in [3.63, 3.8) is 0 Å². The van der Waals surface area contributed by atoms with Crippen molar-refractivity contribution in [2.45, 2.75) is 5.16 Å². The average Bonchev–Trinajstić information content (AvgIpc) is 3.24. The van der Waals surface area contributed by atoms with E-state index >= 15 is 0 Å². The second kappa shape index (κ2) is 10.3. The number of benzene rings is 3. The highest BCUT2D eigenvalue weighted by Gasteiger charge is 2.17. The van der Waals surface area contributed by atoms with Gasteiger partial charge in [0.25, 0.3) is 5.91 Å². The number of para-hydroxylation sites is 1. The Morgan fingerprint density at radius 3 is 2.59 bits per heavy atom. The second-order valence-electron chi connectivity index (χ2n) is 6.62. The van der Waals surface area contributed by atoms with Crippen molar-refractivity contribution >= 4 is 39.8 Å². The van der Waals surface area contributed by atoms with Crippen molar-refractivity contribution in [1.29, 1.82) is 0 Å². The monoisotopic (exact) mass is 509 g/mol. The van der Waals surface area contributed by atoms with Gasteiger partial charge in [-0.15, -0.1) is 10.2 Å². The molecule has 4 aromatic rings. The van der Waals surface area contributed by atoms with Gasteiger partial charge in [0.15, 0.2) is 11.0 Å². The summed E-state index contributed by atoms with van der Waals surface area (Å²) in [6, 6.07) is 23.3. The van der Waals surface area contributed by atoms with Crippen molar-refractivity contribution < 1.29 is 9.18 Å². The zero-order valence-corrected chi connectivity index (χ0v) is 19.1. The topological polar surface area (TPSA) is 72.2 Å². The minimum Gasteiger partial charge on any atom is -0.272 e. The zero-order valence-electron chi connectivity index (χ0n) is 16.7. The van der Waals surface area contributed by atoms with Gasteiger partial charge in [0.2, 0.25) is 0 Å². The van der Waals surface area contributed by atoms with E-state index in [9.17, 15) is 9.18 Å². The van der Waals surface area contributed by atoms with E-state index in [1.807, 2.05) is 59.2 Å². The molecule has 3 aromatic carbocycles. The Balaban J connectivity index is 1.50. The summed E-state index contributed by atoms with van der Waals surface area (Å²) in [5.41, 5.74) is 4.95. The maximum atomic E-state index is 13.0. The number of rotatable bonds is 7. The van der Waals surface area contributed by atoms with Gasteiger partial charge in [-0.25, -0.2) is 9.82 Å². The van der Waals surface area contributed by atoms with E-state index in [0.717, 1.165) is 15.7 Å². The largest absolute Gasteiger partial charge is 0.272 e. The molecule has 0 atom stereocenters. The normalized spacial score (nSPS) is 11.1. The fourth-order valence-electron chi connectivity index (χ4n) is 2.88. The van der Waals surface area contributed by atoms with Gasteiger partial charge in [-0.05, 0) is 42.0 Å².